The molecule has 3 rings (SSSR count). The van der Waals surface area contributed by atoms with Crippen LogP contribution in [0.25, 0.3) is 0 Å². The summed E-state index contributed by atoms with van der Waals surface area (Å²) in [5.41, 5.74) is 0. The highest BCUT2D eigenvalue weighted by molar-refractivity contribution is 5.83. The molecule has 9 nitrogen and oxygen atoms in total. The number of carbonyl (C=O) groups excluding carboxylic acids is 2. The maximum absolute atomic E-state index is 12.3. The van der Waals surface area contributed by atoms with Gasteiger partial charge >= 0.3 is 6.09 Å². The Labute approximate surface area is 145 Å². The zero-order valence-corrected chi connectivity index (χ0v) is 14.4. The van der Waals surface area contributed by atoms with Crippen LogP contribution in [0.5, 0.6) is 11.8 Å². The molecule has 2 fully saturated rings. The molecule has 9 heteroatoms. The fourth-order valence-electron chi connectivity index (χ4n) is 3.03. The standard InChI is InChI=1S/C16H22N4O5/c1-23-12-9-13(24-2)18-15(17-12)11-3-5-19(6-4-11)14(21)10-20-7-8-25-16(20)22/h9,11H,3-8,10H2,1-2H3. The first-order valence-electron chi connectivity index (χ1n) is 8.27. The summed E-state index contributed by atoms with van der Waals surface area (Å²) in [6.07, 6.45) is 1.10. The average molecular weight is 350 g/mol. The van der Waals surface area contributed by atoms with Crippen LogP contribution in [-0.2, 0) is 9.53 Å². The van der Waals surface area contributed by atoms with Crippen LogP contribution in [0.3, 0.4) is 0 Å². The van der Waals surface area contributed by atoms with Gasteiger partial charge in [-0.1, -0.05) is 0 Å². The highest BCUT2D eigenvalue weighted by atomic mass is 16.6. The predicted molar refractivity (Wildman–Crippen MR) is 86.6 cm³/mol. The largest absolute Gasteiger partial charge is 0.481 e. The van der Waals surface area contributed by atoms with E-state index < -0.39 is 6.09 Å². The van der Waals surface area contributed by atoms with Crippen molar-refractivity contribution in [1.29, 1.82) is 0 Å². The Hall–Kier alpha value is -2.58. The summed E-state index contributed by atoms with van der Waals surface area (Å²) in [5, 5.41) is 0. The van der Waals surface area contributed by atoms with Crippen LogP contribution >= 0.6 is 0 Å². The van der Waals surface area contributed by atoms with Crippen molar-refractivity contribution in [2.24, 2.45) is 0 Å². The first-order chi connectivity index (χ1) is 12.1. The number of likely N-dealkylation sites (tertiary alicyclic amines) is 1. The maximum atomic E-state index is 12.3. The summed E-state index contributed by atoms with van der Waals surface area (Å²) in [4.78, 5) is 35.8. The van der Waals surface area contributed by atoms with Gasteiger partial charge in [0.25, 0.3) is 0 Å². The van der Waals surface area contributed by atoms with Crippen molar-refractivity contribution in [1.82, 2.24) is 19.8 Å². The van der Waals surface area contributed by atoms with E-state index >= 15 is 0 Å². The quantitative estimate of drug-likeness (QED) is 0.769. The Balaban J connectivity index is 1.58. The summed E-state index contributed by atoms with van der Waals surface area (Å²) in [7, 11) is 3.10. The van der Waals surface area contributed by atoms with Gasteiger partial charge in [-0.05, 0) is 12.8 Å². The molecule has 2 aliphatic heterocycles. The third-order valence-corrected chi connectivity index (χ3v) is 4.50. The zero-order chi connectivity index (χ0) is 17.8. The molecular weight excluding hydrogens is 328 g/mol. The number of piperidine rings is 1. The van der Waals surface area contributed by atoms with Gasteiger partial charge in [0.15, 0.2) is 0 Å². The molecule has 2 saturated heterocycles. The van der Waals surface area contributed by atoms with E-state index in [4.69, 9.17) is 14.2 Å². The number of aromatic nitrogens is 2. The van der Waals surface area contributed by atoms with Gasteiger partial charge in [-0.3, -0.25) is 9.69 Å². The Morgan fingerprint density at radius 2 is 1.84 bits per heavy atom. The Kier molecular flexibility index (Phi) is 5.20. The van der Waals surface area contributed by atoms with E-state index in [2.05, 4.69) is 9.97 Å². The summed E-state index contributed by atoms with van der Waals surface area (Å²) in [6.45, 7) is 2.11. The summed E-state index contributed by atoms with van der Waals surface area (Å²) in [6, 6.07) is 1.64. The number of hydrogen-bond acceptors (Lipinski definition) is 7. The van der Waals surface area contributed by atoms with Crippen molar-refractivity contribution in [3.05, 3.63) is 11.9 Å². The van der Waals surface area contributed by atoms with Crippen molar-refractivity contribution in [2.75, 3.05) is 47.0 Å². The van der Waals surface area contributed by atoms with Crippen LogP contribution in [-0.4, -0.2) is 78.8 Å². The summed E-state index contributed by atoms with van der Waals surface area (Å²) >= 11 is 0. The van der Waals surface area contributed by atoms with E-state index in [0.29, 0.717) is 43.8 Å². The normalized spacial score (nSPS) is 18.2. The van der Waals surface area contributed by atoms with Crippen LogP contribution in [0.1, 0.15) is 24.6 Å². The third-order valence-electron chi connectivity index (χ3n) is 4.50. The number of methoxy groups -OCH3 is 2. The first-order valence-corrected chi connectivity index (χ1v) is 8.27. The number of amides is 2. The lowest BCUT2D eigenvalue weighted by molar-refractivity contribution is -0.132. The first kappa shape index (κ1) is 17.2. The number of hydrogen-bond donors (Lipinski definition) is 0. The van der Waals surface area contributed by atoms with Crippen molar-refractivity contribution in [3.63, 3.8) is 0 Å². The number of cyclic esters (lactones) is 1. The van der Waals surface area contributed by atoms with Gasteiger partial charge in [0, 0.05) is 19.0 Å². The average Bonchev–Trinajstić information content (AvgIpc) is 3.06. The fraction of sp³-hybridized carbons (Fsp3) is 0.625. The molecule has 0 saturated carbocycles. The van der Waals surface area contributed by atoms with Gasteiger partial charge < -0.3 is 19.1 Å². The minimum absolute atomic E-state index is 0.0542. The van der Waals surface area contributed by atoms with Crippen LogP contribution in [0.15, 0.2) is 6.07 Å². The molecule has 1 aromatic heterocycles. The minimum Gasteiger partial charge on any atom is -0.481 e. The number of carbonyl (C=O) groups is 2. The number of rotatable bonds is 5. The van der Waals surface area contributed by atoms with Gasteiger partial charge in [0.05, 0.1) is 26.8 Å². The second-order valence-electron chi connectivity index (χ2n) is 6.00. The van der Waals surface area contributed by atoms with E-state index in [9.17, 15) is 9.59 Å². The van der Waals surface area contributed by atoms with Crippen LogP contribution in [0, 0.1) is 0 Å². The molecule has 0 spiro atoms. The van der Waals surface area contributed by atoms with Crippen molar-refractivity contribution >= 4 is 12.0 Å². The van der Waals surface area contributed by atoms with E-state index in [0.717, 1.165) is 12.8 Å². The molecule has 25 heavy (non-hydrogen) atoms. The van der Waals surface area contributed by atoms with E-state index in [1.165, 1.54) is 4.90 Å². The lowest BCUT2D eigenvalue weighted by Crippen LogP contribution is -2.44. The topological polar surface area (TPSA) is 94.1 Å². The molecule has 0 aliphatic carbocycles. The van der Waals surface area contributed by atoms with Crippen LogP contribution < -0.4 is 9.47 Å². The van der Waals surface area contributed by atoms with Gasteiger partial charge in [0.1, 0.15) is 19.0 Å². The molecule has 0 aromatic carbocycles. The Bertz CT molecular complexity index is 623. The monoisotopic (exact) mass is 350 g/mol. The molecule has 136 valence electrons. The minimum atomic E-state index is -0.417. The second-order valence-corrected chi connectivity index (χ2v) is 6.00. The number of nitrogens with zero attached hydrogens (tertiary/aromatic N) is 4. The maximum Gasteiger partial charge on any atom is 0.410 e. The van der Waals surface area contributed by atoms with Crippen LogP contribution in [0.4, 0.5) is 4.79 Å². The summed E-state index contributed by atoms with van der Waals surface area (Å²) < 4.78 is 15.2. The SMILES string of the molecule is COc1cc(OC)nc(C2CCN(C(=O)CN3CCOC3=O)CC2)n1. The lowest BCUT2D eigenvalue weighted by Gasteiger charge is -2.32. The van der Waals surface area contributed by atoms with Crippen molar-refractivity contribution in [2.45, 2.75) is 18.8 Å². The summed E-state index contributed by atoms with van der Waals surface area (Å²) in [5.74, 6) is 1.69. The third kappa shape index (κ3) is 3.92. The molecular formula is C16H22N4O5. The van der Waals surface area contributed by atoms with E-state index in [1.54, 1.807) is 25.2 Å². The van der Waals surface area contributed by atoms with Crippen LogP contribution in [0.2, 0.25) is 0 Å². The van der Waals surface area contributed by atoms with E-state index in [1.807, 2.05) is 0 Å². The molecule has 2 amide bonds. The molecule has 0 bridgehead atoms. The van der Waals surface area contributed by atoms with Gasteiger partial charge in [-0.15, -0.1) is 0 Å². The van der Waals surface area contributed by atoms with E-state index in [-0.39, 0.29) is 18.4 Å². The molecule has 0 atom stereocenters. The zero-order valence-electron chi connectivity index (χ0n) is 14.4. The lowest BCUT2D eigenvalue weighted by atomic mass is 9.96. The highest BCUT2D eigenvalue weighted by Gasteiger charge is 2.30. The van der Waals surface area contributed by atoms with Crippen molar-refractivity contribution < 1.29 is 23.8 Å². The smallest absolute Gasteiger partial charge is 0.410 e. The van der Waals surface area contributed by atoms with Gasteiger partial charge in [-0.25, -0.2) is 4.79 Å². The molecule has 2 aliphatic rings. The second kappa shape index (κ2) is 7.54. The molecule has 0 N–H and O–H groups in total. The molecule has 3 heterocycles. The molecule has 0 radical (unpaired) electrons. The Morgan fingerprint density at radius 3 is 2.36 bits per heavy atom. The Morgan fingerprint density at radius 1 is 1.20 bits per heavy atom. The van der Waals surface area contributed by atoms with Gasteiger partial charge in [-0.2, -0.15) is 9.97 Å². The van der Waals surface area contributed by atoms with Gasteiger partial charge in [0.2, 0.25) is 17.7 Å². The van der Waals surface area contributed by atoms with Crippen molar-refractivity contribution in [3.8, 4) is 11.8 Å². The predicted octanol–water partition coefficient (Wildman–Crippen LogP) is 0.652. The molecule has 0 unspecified atom stereocenters. The number of ether oxygens (including phenoxy) is 3. The molecule has 1 aromatic rings. The highest BCUT2D eigenvalue weighted by Crippen LogP contribution is 2.28. The fourth-order valence-corrected chi connectivity index (χ4v) is 3.03.